The van der Waals surface area contributed by atoms with Crippen LogP contribution in [0.4, 0.5) is 13.2 Å². The van der Waals surface area contributed by atoms with Crippen LogP contribution in [0.5, 0.6) is 0 Å². The zero-order valence-electron chi connectivity index (χ0n) is 9.71. The summed E-state index contributed by atoms with van der Waals surface area (Å²) >= 11 is 0. The van der Waals surface area contributed by atoms with Crippen molar-refractivity contribution < 1.29 is 18.0 Å². The van der Waals surface area contributed by atoms with E-state index in [4.69, 9.17) is 5.26 Å². The Balaban J connectivity index is 3.06. The molecule has 0 saturated carbocycles. The predicted octanol–water partition coefficient (Wildman–Crippen LogP) is 2.48. The SMILES string of the molecule is CCN(CCC#N)C(=O)c1c(F)cc(F)cc1F. The van der Waals surface area contributed by atoms with Gasteiger partial charge < -0.3 is 4.90 Å². The molecule has 3 nitrogen and oxygen atoms in total. The summed E-state index contributed by atoms with van der Waals surface area (Å²) in [5, 5.41) is 8.42. The molecule has 0 atom stereocenters. The van der Waals surface area contributed by atoms with E-state index in [0.717, 1.165) is 4.90 Å². The third-order valence-corrected chi connectivity index (χ3v) is 2.38. The molecule has 18 heavy (non-hydrogen) atoms. The number of benzene rings is 1. The molecular formula is C12H11F3N2O. The van der Waals surface area contributed by atoms with Crippen molar-refractivity contribution >= 4 is 5.91 Å². The molecule has 0 N–H and O–H groups in total. The maximum atomic E-state index is 13.4. The van der Waals surface area contributed by atoms with Crippen molar-refractivity contribution in [3.05, 3.63) is 35.1 Å². The van der Waals surface area contributed by atoms with Gasteiger partial charge in [-0.25, -0.2) is 13.2 Å². The van der Waals surface area contributed by atoms with Gasteiger partial charge in [0, 0.05) is 25.2 Å². The van der Waals surface area contributed by atoms with Gasteiger partial charge in [0.1, 0.15) is 23.0 Å². The van der Waals surface area contributed by atoms with Gasteiger partial charge in [0.15, 0.2) is 0 Å². The largest absolute Gasteiger partial charge is 0.338 e. The monoisotopic (exact) mass is 256 g/mol. The third kappa shape index (κ3) is 3.00. The molecule has 0 bridgehead atoms. The second kappa shape index (κ2) is 6.05. The molecule has 0 aliphatic carbocycles. The van der Waals surface area contributed by atoms with Crippen LogP contribution in [-0.4, -0.2) is 23.9 Å². The summed E-state index contributed by atoms with van der Waals surface area (Å²) in [4.78, 5) is 13.0. The molecule has 0 spiro atoms. The number of hydrogen-bond acceptors (Lipinski definition) is 2. The molecule has 0 aliphatic heterocycles. The Kier molecular flexibility index (Phi) is 4.72. The number of halogens is 3. The number of carbonyl (C=O) groups excluding carboxylic acids is 1. The molecule has 0 unspecified atom stereocenters. The lowest BCUT2D eigenvalue weighted by Crippen LogP contribution is -2.33. The molecule has 96 valence electrons. The van der Waals surface area contributed by atoms with Gasteiger partial charge in [-0.15, -0.1) is 0 Å². The molecule has 1 amide bonds. The summed E-state index contributed by atoms with van der Waals surface area (Å²) in [6.45, 7) is 1.90. The fraction of sp³-hybridized carbons (Fsp3) is 0.333. The highest BCUT2D eigenvalue weighted by atomic mass is 19.1. The van der Waals surface area contributed by atoms with Crippen molar-refractivity contribution in [1.29, 1.82) is 5.26 Å². The Bertz CT molecular complexity index is 474. The topological polar surface area (TPSA) is 44.1 Å². The van der Waals surface area contributed by atoms with E-state index in [0.29, 0.717) is 12.1 Å². The summed E-state index contributed by atoms with van der Waals surface area (Å²) in [5.74, 6) is -4.45. The Labute approximate surface area is 102 Å². The van der Waals surface area contributed by atoms with E-state index in [1.165, 1.54) is 0 Å². The molecule has 0 aliphatic rings. The number of hydrogen-bond donors (Lipinski definition) is 0. The number of nitriles is 1. The summed E-state index contributed by atoms with van der Waals surface area (Å²) < 4.78 is 39.5. The van der Waals surface area contributed by atoms with Gasteiger partial charge in [-0.05, 0) is 6.92 Å². The number of nitrogens with zero attached hydrogens (tertiary/aromatic N) is 2. The van der Waals surface area contributed by atoms with E-state index in [9.17, 15) is 18.0 Å². The minimum Gasteiger partial charge on any atom is -0.338 e. The van der Waals surface area contributed by atoms with Crippen molar-refractivity contribution in [2.24, 2.45) is 0 Å². The lowest BCUT2D eigenvalue weighted by Gasteiger charge is -2.20. The first-order chi connectivity index (χ1) is 8.51. The molecule has 0 fully saturated rings. The van der Waals surface area contributed by atoms with Crippen molar-refractivity contribution in [2.45, 2.75) is 13.3 Å². The Hall–Kier alpha value is -2.03. The average molecular weight is 256 g/mol. The maximum absolute atomic E-state index is 13.4. The third-order valence-electron chi connectivity index (χ3n) is 2.38. The van der Waals surface area contributed by atoms with Crippen LogP contribution < -0.4 is 0 Å². The highest BCUT2D eigenvalue weighted by molar-refractivity contribution is 5.94. The van der Waals surface area contributed by atoms with Crippen LogP contribution in [0.2, 0.25) is 0 Å². The molecule has 0 radical (unpaired) electrons. The van der Waals surface area contributed by atoms with Crippen molar-refractivity contribution in [3.63, 3.8) is 0 Å². The summed E-state index contributed by atoms with van der Waals surface area (Å²) in [5.41, 5.74) is -0.795. The lowest BCUT2D eigenvalue weighted by atomic mass is 10.1. The van der Waals surface area contributed by atoms with Gasteiger partial charge in [-0.1, -0.05) is 0 Å². The van der Waals surface area contributed by atoms with Crippen LogP contribution in [0.25, 0.3) is 0 Å². The van der Waals surface area contributed by atoms with Crippen LogP contribution >= 0.6 is 0 Å². The average Bonchev–Trinajstić information content (AvgIpc) is 2.28. The minimum absolute atomic E-state index is 0.0595. The lowest BCUT2D eigenvalue weighted by molar-refractivity contribution is 0.0758. The zero-order chi connectivity index (χ0) is 13.7. The van der Waals surface area contributed by atoms with Crippen LogP contribution in [0.15, 0.2) is 12.1 Å². The van der Waals surface area contributed by atoms with Crippen LogP contribution in [0.3, 0.4) is 0 Å². The van der Waals surface area contributed by atoms with Crippen molar-refractivity contribution in [2.75, 3.05) is 13.1 Å². The smallest absolute Gasteiger partial charge is 0.259 e. The van der Waals surface area contributed by atoms with E-state index in [-0.39, 0.29) is 19.5 Å². The molecule has 0 aromatic heterocycles. The quantitative estimate of drug-likeness (QED) is 0.830. The molecule has 0 saturated heterocycles. The van der Waals surface area contributed by atoms with Crippen LogP contribution in [0.1, 0.15) is 23.7 Å². The first-order valence-corrected chi connectivity index (χ1v) is 5.32. The van der Waals surface area contributed by atoms with Crippen molar-refractivity contribution in [3.8, 4) is 6.07 Å². The van der Waals surface area contributed by atoms with E-state index in [1.54, 1.807) is 6.92 Å². The van der Waals surface area contributed by atoms with E-state index >= 15 is 0 Å². The summed E-state index contributed by atoms with van der Waals surface area (Å²) in [6.07, 6.45) is 0.0595. The Morgan fingerprint density at radius 3 is 2.33 bits per heavy atom. The fourth-order valence-corrected chi connectivity index (χ4v) is 1.49. The highest BCUT2D eigenvalue weighted by Crippen LogP contribution is 2.17. The molecule has 1 aromatic carbocycles. The highest BCUT2D eigenvalue weighted by Gasteiger charge is 2.23. The maximum Gasteiger partial charge on any atom is 0.259 e. The zero-order valence-corrected chi connectivity index (χ0v) is 9.71. The first-order valence-electron chi connectivity index (χ1n) is 5.32. The van der Waals surface area contributed by atoms with Gasteiger partial charge in [-0.2, -0.15) is 5.26 Å². The summed E-state index contributed by atoms with van der Waals surface area (Å²) in [7, 11) is 0. The van der Waals surface area contributed by atoms with Gasteiger partial charge in [-0.3, -0.25) is 4.79 Å². The predicted molar refractivity (Wildman–Crippen MR) is 58.1 cm³/mol. The van der Waals surface area contributed by atoms with Crippen LogP contribution in [0, 0.1) is 28.8 Å². The van der Waals surface area contributed by atoms with Crippen LogP contribution in [-0.2, 0) is 0 Å². The van der Waals surface area contributed by atoms with Gasteiger partial charge in [0.2, 0.25) is 0 Å². The normalized spacial score (nSPS) is 9.94. The van der Waals surface area contributed by atoms with E-state index < -0.39 is 28.9 Å². The summed E-state index contributed by atoms with van der Waals surface area (Å²) in [6, 6.07) is 2.74. The molecule has 1 rings (SSSR count). The second-order valence-corrected chi connectivity index (χ2v) is 3.54. The molecule has 6 heteroatoms. The van der Waals surface area contributed by atoms with E-state index in [1.807, 2.05) is 6.07 Å². The molecule has 0 heterocycles. The Morgan fingerprint density at radius 1 is 1.33 bits per heavy atom. The number of rotatable bonds is 4. The Morgan fingerprint density at radius 2 is 1.89 bits per heavy atom. The molecule has 1 aromatic rings. The van der Waals surface area contributed by atoms with Gasteiger partial charge in [0.25, 0.3) is 5.91 Å². The van der Waals surface area contributed by atoms with E-state index in [2.05, 4.69) is 0 Å². The van der Waals surface area contributed by atoms with Gasteiger partial charge >= 0.3 is 0 Å². The second-order valence-electron chi connectivity index (χ2n) is 3.54. The fourth-order valence-electron chi connectivity index (χ4n) is 1.49. The number of carbonyl (C=O) groups is 1. The first kappa shape index (κ1) is 14.0. The number of amides is 1. The van der Waals surface area contributed by atoms with Gasteiger partial charge in [0.05, 0.1) is 12.5 Å². The molecular weight excluding hydrogens is 245 g/mol. The standard InChI is InChI=1S/C12H11F3N2O/c1-2-17(5-3-4-16)12(18)11-9(14)6-8(13)7-10(11)15/h6-7H,2-3,5H2,1H3. The van der Waals surface area contributed by atoms with Crippen molar-refractivity contribution in [1.82, 2.24) is 4.90 Å². The minimum atomic E-state index is -1.24.